The van der Waals surface area contributed by atoms with Gasteiger partial charge in [0.25, 0.3) is 0 Å². The number of unbranched alkanes of at least 4 members (excludes halogenated alkanes) is 18. The summed E-state index contributed by atoms with van der Waals surface area (Å²) < 4.78 is 23.6. The third-order valence-corrected chi connectivity index (χ3v) is 12.5. The fourth-order valence-electron chi connectivity index (χ4n) is 8.72. The van der Waals surface area contributed by atoms with Crippen LogP contribution in [0, 0.1) is 11.8 Å². The van der Waals surface area contributed by atoms with E-state index in [0.29, 0.717) is 32.8 Å². The predicted octanol–water partition coefficient (Wildman–Crippen LogP) is 16.0. The van der Waals surface area contributed by atoms with Crippen LogP contribution < -0.4 is 9.47 Å². The monoisotopic (exact) mass is 874 g/mol. The van der Waals surface area contributed by atoms with Gasteiger partial charge in [-0.15, -0.1) is 0 Å². The summed E-state index contributed by atoms with van der Waals surface area (Å²) in [7, 11) is 4.13. The number of ether oxygens (including phenoxy) is 4. The molecular weight excluding hydrogens is 771 g/mol. The Bertz CT molecular complexity index is 1090. The lowest BCUT2D eigenvalue weighted by Crippen LogP contribution is -2.13. The first-order chi connectivity index (χ1) is 30.3. The van der Waals surface area contributed by atoms with Gasteiger partial charge in [-0.25, -0.2) is 0 Å². The van der Waals surface area contributed by atoms with Crippen molar-refractivity contribution in [3.63, 3.8) is 0 Å². The standard InChI is InChI=1S/C55H103NO6/c1-7-11-15-21-33-49(34-22-16-12-8-2)37-25-19-27-39-54(57)61-43-31-29-41-59-52-45-51(48-56(5)6)46-53(47-52)60-42-30-32-44-62-55(58)40-28-20-26-38-50(35-23-17-13-9-3)36-24-18-14-10-4/h45-47,49-50,54,57H,7-44,48H2,1-6H3. The molecule has 0 aromatic heterocycles. The molecule has 7 nitrogen and oxygen atoms in total. The summed E-state index contributed by atoms with van der Waals surface area (Å²) in [6.45, 7) is 12.1. The molecule has 364 valence electrons. The second-order valence-corrected chi connectivity index (χ2v) is 19.1. The Morgan fingerprint density at radius 3 is 1.31 bits per heavy atom. The van der Waals surface area contributed by atoms with Gasteiger partial charge >= 0.3 is 5.97 Å². The van der Waals surface area contributed by atoms with Crippen LogP contribution in [0.25, 0.3) is 0 Å². The molecule has 1 aromatic carbocycles. The third kappa shape index (κ3) is 36.5. The van der Waals surface area contributed by atoms with Crippen molar-refractivity contribution in [2.24, 2.45) is 11.8 Å². The molecule has 0 aliphatic rings. The highest BCUT2D eigenvalue weighted by Gasteiger charge is 2.12. The molecule has 1 N–H and O–H groups in total. The SMILES string of the molecule is CCCCCCC(CCCCCC)CCCCCC(=O)OCCCCOc1cc(CN(C)C)cc(OCCCCOC(O)CCCCCC(CCCCCC)CCCCCC)c1. The van der Waals surface area contributed by atoms with Crippen LogP contribution in [0.2, 0.25) is 0 Å². The Hall–Kier alpha value is -1.83. The number of aliphatic hydroxyl groups excluding tert-OH is 1. The molecule has 1 unspecified atom stereocenters. The molecule has 0 aliphatic carbocycles. The predicted molar refractivity (Wildman–Crippen MR) is 264 cm³/mol. The summed E-state index contributed by atoms with van der Waals surface area (Å²) in [5.74, 6) is 3.31. The van der Waals surface area contributed by atoms with Gasteiger partial charge in [0, 0.05) is 25.6 Å². The van der Waals surface area contributed by atoms with Crippen LogP contribution in [0.5, 0.6) is 11.5 Å². The first-order valence-electron chi connectivity index (χ1n) is 26.8. The Morgan fingerprint density at radius 2 is 0.871 bits per heavy atom. The highest BCUT2D eigenvalue weighted by molar-refractivity contribution is 5.69. The van der Waals surface area contributed by atoms with Crippen molar-refractivity contribution in [3.05, 3.63) is 23.8 Å². The van der Waals surface area contributed by atoms with Crippen molar-refractivity contribution < 1.29 is 28.8 Å². The van der Waals surface area contributed by atoms with E-state index >= 15 is 0 Å². The molecule has 0 amide bonds. The number of esters is 1. The van der Waals surface area contributed by atoms with Crippen LogP contribution in [0.15, 0.2) is 18.2 Å². The van der Waals surface area contributed by atoms with E-state index in [-0.39, 0.29) is 5.97 Å². The van der Waals surface area contributed by atoms with Crippen LogP contribution in [-0.2, 0) is 20.8 Å². The fraction of sp³-hybridized carbons (Fsp3) is 0.873. The van der Waals surface area contributed by atoms with Crippen molar-refractivity contribution in [2.75, 3.05) is 40.5 Å². The normalized spacial score (nSPS) is 12.2. The maximum absolute atomic E-state index is 12.4. The van der Waals surface area contributed by atoms with Gasteiger partial charge in [0.1, 0.15) is 11.5 Å². The van der Waals surface area contributed by atoms with E-state index in [9.17, 15) is 9.90 Å². The van der Waals surface area contributed by atoms with Gasteiger partial charge < -0.3 is 29.0 Å². The zero-order valence-electron chi connectivity index (χ0n) is 42.0. The molecule has 0 heterocycles. The Balaban J connectivity index is 2.26. The van der Waals surface area contributed by atoms with Crippen molar-refractivity contribution in [3.8, 4) is 11.5 Å². The van der Waals surface area contributed by atoms with Gasteiger partial charge in [0.2, 0.25) is 0 Å². The number of hydrogen-bond acceptors (Lipinski definition) is 7. The number of carbonyl (C=O) groups is 1. The number of rotatable bonds is 47. The van der Waals surface area contributed by atoms with Gasteiger partial charge in [0.15, 0.2) is 6.29 Å². The summed E-state index contributed by atoms with van der Waals surface area (Å²) in [5, 5.41) is 10.4. The molecule has 0 spiro atoms. The number of carbonyl (C=O) groups excluding carboxylic acids is 1. The lowest BCUT2D eigenvalue weighted by molar-refractivity contribution is -0.143. The Kier molecular flexibility index (Phi) is 40.4. The summed E-state index contributed by atoms with van der Waals surface area (Å²) in [5.41, 5.74) is 1.15. The molecule has 1 aromatic rings. The van der Waals surface area contributed by atoms with E-state index in [0.717, 1.165) is 86.8 Å². The van der Waals surface area contributed by atoms with Gasteiger partial charge in [0.05, 0.1) is 19.8 Å². The number of nitrogens with zero attached hydrogens (tertiary/aromatic N) is 1. The van der Waals surface area contributed by atoms with Crippen LogP contribution in [-0.4, -0.2) is 62.8 Å². The lowest BCUT2D eigenvalue weighted by Gasteiger charge is -2.17. The molecule has 0 fully saturated rings. The van der Waals surface area contributed by atoms with Gasteiger partial charge in [-0.3, -0.25) is 4.79 Å². The molecule has 0 saturated heterocycles. The third-order valence-electron chi connectivity index (χ3n) is 12.5. The molecular formula is C55H103NO6. The largest absolute Gasteiger partial charge is 0.493 e. The first kappa shape index (κ1) is 58.2. The van der Waals surface area contributed by atoms with E-state index in [1.807, 2.05) is 6.07 Å². The molecule has 7 heteroatoms. The molecule has 0 bridgehead atoms. The van der Waals surface area contributed by atoms with Crippen LogP contribution in [0.1, 0.15) is 252 Å². The average molecular weight is 874 g/mol. The summed E-state index contributed by atoms with van der Waals surface area (Å²) in [6.07, 6.45) is 40.7. The van der Waals surface area contributed by atoms with E-state index in [2.05, 4.69) is 58.8 Å². The minimum Gasteiger partial charge on any atom is -0.493 e. The number of benzene rings is 1. The highest BCUT2D eigenvalue weighted by atomic mass is 16.6. The van der Waals surface area contributed by atoms with Gasteiger partial charge in [-0.2, -0.15) is 0 Å². The Morgan fingerprint density at radius 1 is 0.484 bits per heavy atom. The molecule has 0 saturated carbocycles. The molecule has 0 aliphatic heterocycles. The summed E-state index contributed by atoms with van der Waals surface area (Å²) in [4.78, 5) is 14.5. The molecule has 0 radical (unpaired) electrons. The van der Waals surface area contributed by atoms with Crippen molar-refractivity contribution in [1.82, 2.24) is 4.90 Å². The first-order valence-corrected chi connectivity index (χ1v) is 26.8. The van der Waals surface area contributed by atoms with Gasteiger partial charge in [-0.1, -0.05) is 195 Å². The molecule has 1 atom stereocenters. The zero-order valence-corrected chi connectivity index (χ0v) is 42.0. The molecule has 62 heavy (non-hydrogen) atoms. The van der Waals surface area contributed by atoms with Crippen molar-refractivity contribution in [1.29, 1.82) is 0 Å². The highest BCUT2D eigenvalue weighted by Crippen LogP contribution is 2.27. The summed E-state index contributed by atoms with van der Waals surface area (Å²) >= 11 is 0. The minimum absolute atomic E-state index is 0.0619. The average Bonchev–Trinajstić information content (AvgIpc) is 3.25. The van der Waals surface area contributed by atoms with Crippen LogP contribution >= 0.6 is 0 Å². The number of hydrogen-bond donors (Lipinski definition) is 1. The van der Waals surface area contributed by atoms with Crippen LogP contribution in [0.3, 0.4) is 0 Å². The van der Waals surface area contributed by atoms with E-state index in [4.69, 9.17) is 18.9 Å². The molecule has 1 rings (SSSR count). The lowest BCUT2D eigenvalue weighted by atomic mass is 9.89. The second kappa shape index (κ2) is 43.1. The second-order valence-electron chi connectivity index (χ2n) is 19.1. The minimum atomic E-state index is -0.670. The van der Waals surface area contributed by atoms with Crippen LogP contribution in [0.4, 0.5) is 0 Å². The van der Waals surface area contributed by atoms with E-state index in [1.165, 1.54) is 161 Å². The van der Waals surface area contributed by atoms with Gasteiger partial charge in [-0.05, 0) is 88.6 Å². The van der Waals surface area contributed by atoms with E-state index < -0.39 is 6.29 Å². The maximum Gasteiger partial charge on any atom is 0.305 e. The zero-order chi connectivity index (χ0) is 45.1. The fourth-order valence-corrected chi connectivity index (χ4v) is 8.72. The smallest absolute Gasteiger partial charge is 0.305 e. The van der Waals surface area contributed by atoms with Crippen molar-refractivity contribution in [2.45, 2.75) is 259 Å². The van der Waals surface area contributed by atoms with Crippen molar-refractivity contribution >= 4 is 5.97 Å². The number of aliphatic hydroxyl groups is 1. The van der Waals surface area contributed by atoms with E-state index in [1.54, 1.807) is 0 Å². The maximum atomic E-state index is 12.4. The Labute approximate surface area is 384 Å². The quantitative estimate of drug-likeness (QED) is 0.0397. The topological polar surface area (TPSA) is 77.5 Å². The summed E-state index contributed by atoms with van der Waals surface area (Å²) in [6, 6.07) is 6.15.